The zero-order valence-corrected chi connectivity index (χ0v) is 9.54. The van der Waals surface area contributed by atoms with E-state index in [4.69, 9.17) is 0 Å². The Morgan fingerprint density at radius 3 is 2.22 bits per heavy atom. The van der Waals surface area contributed by atoms with E-state index in [1.807, 2.05) is 0 Å². The molecule has 18 heavy (non-hydrogen) atoms. The lowest BCUT2D eigenvalue weighted by Crippen LogP contribution is -2.07. The van der Waals surface area contributed by atoms with Gasteiger partial charge in [0, 0.05) is 19.1 Å². The SMILES string of the molecule is CC(=O)c1nnn(-c2c(F)cc(F)cc2F)c1C. The van der Waals surface area contributed by atoms with E-state index < -0.39 is 23.1 Å². The van der Waals surface area contributed by atoms with Gasteiger partial charge in [-0.1, -0.05) is 5.21 Å². The van der Waals surface area contributed by atoms with Crippen LogP contribution >= 0.6 is 0 Å². The van der Waals surface area contributed by atoms with Crippen molar-refractivity contribution < 1.29 is 18.0 Å². The summed E-state index contributed by atoms with van der Waals surface area (Å²) in [6, 6.07) is 1.07. The summed E-state index contributed by atoms with van der Waals surface area (Å²) in [7, 11) is 0. The Morgan fingerprint density at radius 1 is 1.22 bits per heavy atom. The number of hydrogen-bond donors (Lipinski definition) is 0. The fraction of sp³-hybridized carbons (Fsp3) is 0.182. The number of benzene rings is 1. The summed E-state index contributed by atoms with van der Waals surface area (Å²) in [6.45, 7) is 2.71. The monoisotopic (exact) mass is 255 g/mol. The van der Waals surface area contributed by atoms with Gasteiger partial charge in [-0.2, -0.15) is 0 Å². The lowest BCUT2D eigenvalue weighted by molar-refractivity contribution is 0.101. The average molecular weight is 255 g/mol. The van der Waals surface area contributed by atoms with Crippen LogP contribution < -0.4 is 0 Å². The molecule has 0 saturated carbocycles. The van der Waals surface area contributed by atoms with Crippen molar-refractivity contribution in [1.82, 2.24) is 15.0 Å². The zero-order chi connectivity index (χ0) is 13.4. The third-order valence-corrected chi connectivity index (χ3v) is 2.42. The second kappa shape index (κ2) is 4.25. The van der Waals surface area contributed by atoms with Crippen molar-refractivity contribution >= 4 is 5.78 Å². The largest absolute Gasteiger partial charge is 0.293 e. The molecule has 2 rings (SSSR count). The summed E-state index contributed by atoms with van der Waals surface area (Å²) in [5.74, 6) is -3.63. The van der Waals surface area contributed by atoms with E-state index in [0.717, 1.165) is 4.68 Å². The Hall–Kier alpha value is -2.18. The maximum atomic E-state index is 13.5. The number of ketones is 1. The van der Waals surface area contributed by atoms with Crippen molar-refractivity contribution in [2.45, 2.75) is 13.8 Å². The summed E-state index contributed by atoms with van der Waals surface area (Å²) in [5, 5.41) is 7.03. The van der Waals surface area contributed by atoms with Gasteiger partial charge < -0.3 is 0 Å². The lowest BCUT2D eigenvalue weighted by Gasteiger charge is -2.06. The standard InChI is InChI=1S/C11H8F3N3O/c1-5-10(6(2)18)15-16-17(5)11-8(13)3-7(12)4-9(11)14/h3-4H,1-2H3. The Labute approximate surface area is 100 Å². The Kier molecular flexibility index (Phi) is 2.90. The van der Waals surface area contributed by atoms with Gasteiger partial charge in [-0.05, 0) is 6.92 Å². The molecule has 0 amide bonds. The second-order valence-electron chi connectivity index (χ2n) is 3.71. The van der Waals surface area contributed by atoms with E-state index in [-0.39, 0.29) is 17.2 Å². The first kappa shape index (κ1) is 12.3. The van der Waals surface area contributed by atoms with E-state index in [9.17, 15) is 18.0 Å². The summed E-state index contributed by atoms with van der Waals surface area (Å²) < 4.78 is 40.7. The average Bonchev–Trinajstić information content (AvgIpc) is 2.59. The quantitative estimate of drug-likeness (QED) is 0.773. The molecule has 0 fully saturated rings. The van der Waals surface area contributed by atoms with E-state index in [0.29, 0.717) is 12.1 Å². The van der Waals surface area contributed by atoms with Gasteiger partial charge in [0.05, 0.1) is 5.69 Å². The number of Topliss-reactive ketones (excluding diaryl/α,β-unsaturated/α-hetero) is 1. The van der Waals surface area contributed by atoms with E-state index in [1.165, 1.54) is 13.8 Å². The summed E-state index contributed by atoms with van der Waals surface area (Å²) >= 11 is 0. The number of carbonyl (C=O) groups excluding carboxylic acids is 1. The van der Waals surface area contributed by atoms with Crippen LogP contribution in [0.3, 0.4) is 0 Å². The van der Waals surface area contributed by atoms with Gasteiger partial charge in [-0.3, -0.25) is 4.79 Å². The maximum Gasteiger partial charge on any atom is 0.181 e. The molecule has 7 heteroatoms. The first-order valence-electron chi connectivity index (χ1n) is 5.00. The van der Waals surface area contributed by atoms with Crippen molar-refractivity contribution in [3.05, 3.63) is 41.0 Å². The van der Waals surface area contributed by atoms with Crippen LogP contribution in [0.1, 0.15) is 23.1 Å². The Morgan fingerprint density at radius 2 is 1.78 bits per heavy atom. The van der Waals surface area contributed by atoms with Crippen molar-refractivity contribution in [3.63, 3.8) is 0 Å². The molecule has 0 aliphatic rings. The van der Waals surface area contributed by atoms with Crippen molar-refractivity contribution in [1.29, 1.82) is 0 Å². The van der Waals surface area contributed by atoms with Crippen LogP contribution in [0.25, 0.3) is 5.69 Å². The number of hydrogen-bond acceptors (Lipinski definition) is 3. The highest BCUT2D eigenvalue weighted by atomic mass is 19.1. The number of carbonyl (C=O) groups is 1. The van der Waals surface area contributed by atoms with Crippen LogP contribution in [-0.4, -0.2) is 20.8 Å². The van der Waals surface area contributed by atoms with Gasteiger partial charge in [0.25, 0.3) is 0 Å². The lowest BCUT2D eigenvalue weighted by atomic mass is 10.2. The molecule has 0 unspecified atom stereocenters. The van der Waals surface area contributed by atoms with Crippen LogP contribution in [0, 0.1) is 24.4 Å². The van der Waals surface area contributed by atoms with Gasteiger partial charge in [0.15, 0.2) is 23.1 Å². The summed E-state index contributed by atoms with van der Waals surface area (Å²) in [6.07, 6.45) is 0. The molecule has 0 aliphatic carbocycles. The predicted octanol–water partition coefficient (Wildman–Crippen LogP) is 2.20. The molecule has 0 atom stereocenters. The maximum absolute atomic E-state index is 13.5. The highest BCUT2D eigenvalue weighted by Gasteiger charge is 2.20. The van der Waals surface area contributed by atoms with Crippen LogP contribution in [0.15, 0.2) is 12.1 Å². The molecule has 94 valence electrons. The summed E-state index contributed by atoms with van der Waals surface area (Å²) in [4.78, 5) is 11.2. The first-order valence-corrected chi connectivity index (χ1v) is 5.00. The van der Waals surface area contributed by atoms with E-state index in [1.54, 1.807) is 0 Å². The van der Waals surface area contributed by atoms with Gasteiger partial charge in [-0.15, -0.1) is 5.10 Å². The third-order valence-electron chi connectivity index (χ3n) is 2.42. The van der Waals surface area contributed by atoms with Crippen LogP contribution in [0.2, 0.25) is 0 Å². The van der Waals surface area contributed by atoms with Gasteiger partial charge in [0.1, 0.15) is 11.5 Å². The topological polar surface area (TPSA) is 47.8 Å². The first-order chi connectivity index (χ1) is 8.41. The van der Waals surface area contributed by atoms with E-state index in [2.05, 4.69) is 10.3 Å². The van der Waals surface area contributed by atoms with E-state index >= 15 is 0 Å². The van der Waals surface area contributed by atoms with Crippen LogP contribution in [-0.2, 0) is 0 Å². The van der Waals surface area contributed by atoms with Crippen molar-refractivity contribution in [3.8, 4) is 5.69 Å². The summed E-state index contributed by atoms with van der Waals surface area (Å²) in [5.41, 5.74) is -0.362. The molecule has 0 bridgehead atoms. The molecule has 0 aliphatic heterocycles. The van der Waals surface area contributed by atoms with Crippen LogP contribution in [0.4, 0.5) is 13.2 Å². The van der Waals surface area contributed by atoms with Gasteiger partial charge >= 0.3 is 0 Å². The minimum absolute atomic E-state index is 0.0122. The molecule has 1 aromatic heterocycles. The Balaban J connectivity index is 2.67. The predicted molar refractivity (Wildman–Crippen MR) is 56.0 cm³/mol. The second-order valence-corrected chi connectivity index (χ2v) is 3.71. The van der Waals surface area contributed by atoms with Crippen LogP contribution in [0.5, 0.6) is 0 Å². The smallest absolute Gasteiger partial charge is 0.181 e. The fourth-order valence-corrected chi connectivity index (χ4v) is 1.60. The van der Waals surface area contributed by atoms with Gasteiger partial charge in [0.2, 0.25) is 0 Å². The molecule has 0 spiro atoms. The molecule has 2 aromatic rings. The molecular formula is C11H8F3N3O. The number of nitrogens with zero attached hydrogens (tertiary/aromatic N) is 3. The molecule has 1 heterocycles. The highest BCUT2D eigenvalue weighted by Crippen LogP contribution is 2.20. The van der Waals surface area contributed by atoms with Gasteiger partial charge in [-0.25, -0.2) is 17.9 Å². The minimum atomic E-state index is -1.12. The molecular weight excluding hydrogens is 247 g/mol. The molecule has 1 aromatic carbocycles. The van der Waals surface area contributed by atoms with Crippen molar-refractivity contribution in [2.75, 3.05) is 0 Å². The highest BCUT2D eigenvalue weighted by molar-refractivity contribution is 5.93. The number of aromatic nitrogens is 3. The number of halogens is 3. The molecule has 0 radical (unpaired) electrons. The Bertz CT molecular complexity index is 613. The van der Waals surface area contributed by atoms with Crippen molar-refractivity contribution in [2.24, 2.45) is 0 Å². The molecule has 0 N–H and O–H groups in total. The molecule has 0 saturated heterocycles. The minimum Gasteiger partial charge on any atom is -0.293 e. The third kappa shape index (κ3) is 1.87. The zero-order valence-electron chi connectivity index (χ0n) is 9.54. The molecule has 4 nitrogen and oxygen atoms in total. The fourth-order valence-electron chi connectivity index (χ4n) is 1.60. The normalized spacial score (nSPS) is 10.7. The number of rotatable bonds is 2.